The average molecular weight is 441 g/mol. The van der Waals surface area contributed by atoms with Gasteiger partial charge in [0.05, 0.1) is 6.54 Å². The van der Waals surface area contributed by atoms with Crippen LogP contribution in [0.4, 0.5) is 0 Å². The number of amides is 1. The molecule has 1 aromatic heterocycles. The lowest BCUT2D eigenvalue weighted by atomic mass is 10.1. The summed E-state index contributed by atoms with van der Waals surface area (Å²) in [5, 5.41) is 2.75. The average Bonchev–Trinajstić information content (AvgIpc) is 2.84. The number of thioether (sulfide) groups is 1. The van der Waals surface area contributed by atoms with Gasteiger partial charge in [0.25, 0.3) is 5.56 Å². The molecule has 0 unspecified atom stereocenters. The number of nitrogens with one attached hydrogen (secondary N) is 1. The summed E-state index contributed by atoms with van der Waals surface area (Å²) in [5.74, 6) is -0.0232. The number of aromatic nitrogens is 1. The van der Waals surface area contributed by atoms with E-state index in [0.717, 1.165) is 21.6 Å². The summed E-state index contributed by atoms with van der Waals surface area (Å²) in [5.41, 5.74) is 3.00. The third kappa shape index (κ3) is 5.77. The van der Waals surface area contributed by atoms with Crippen molar-refractivity contribution in [3.63, 3.8) is 0 Å². The van der Waals surface area contributed by atoms with Gasteiger partial charge in [-0.1, -0.05) is 78.9 Å². The van der Waals surface area contributed by atoms with Crippen LogP contribution in [0.1, 0.15) is 21.9 Å². The highest BCUT2D eigenvalue weighted by Crippen LogP contribution is 2.35. The molecule has 0 radical (unpaired) electrons. The quantitative estimate of drug-likeness (QED) is 0.390. The summed E-state index contributed by atoms with van der Waals surface area (Å²) < 4.78 is 1.67. The van der Waals surface area contributed by atoms with Gasteiger partial charge in [0.15, 0.2) is 0 Å². The normalized spacial score (nSPS) is 11.6. The van der Waals surface area contributed by atoms with E-state index in [1.165, 1.54) is 0 Å². The second kappa shape index (κ2) is 10.6. The van der Waals surface area contributed by atoms with Crippen LogP contribution >= 0.6 is 11.8 Å². The Kier molecular flexibility index (Phi) is 7.20. The third-order valence-corrected chi connectivity index (χ3v) is 6.35. The predicted molar refractivity (Wildman–Crippen MR) is 130 cm³/mol. The molecule has 5 heteroatoms. The van der Waals surface area contributed by atoms with Gasteiger partial charge in [-0.05, 0) is 34.9 Å². The van der Waals surface area contributed by atoms with Gasteiger partial charge in [-0.3, -0.25) is 9.59 Å². The van der Waals surface area contributed by atoms with Gasteiger partial charge in [0.2, 0.25) is 5.91 Å². The van der Waals surface area contributed by atoms with Crippen molar-refractivity contribution in [2.45, 2.75) is 23.2 Å². The lowest BCUT2D eigenvalue weighted by molar-refractivity contribution is -0.120. The van der Waals surface area contributed by atoms with Crippen LogP contribution in [0.2, 0.25) is 0 Å². The summed E-state index contributed by atoms with van der Waals surface area (Å²) in [6.07, 6.45) is 1.78. The van der Waals surface area contributed by atoms with Crippen molar-refractivity contribution in [1.82, 2.24) is 9.88 Å². The largest absolute Gasteiger partial charge is 0.351 e. The van der Waals surface area contributed by atoms with Crippen molar-refractivity contribution < 1.29 is 4.79 Å². The molecule has 0 aliphatic carbocycles. The van der Waals surface area contributed by atoms with Gasteiger partial charge in [0.1, 0.15) is 5.25 Å². The van der Waals surface area contributed by atoms with E-state index in [1.807, 2.05) is 91.0 Å². The zero-order valence-electron chi connectivity index (χ0n) is 17.6. The highest BCUT2D eigenvalue weighted by molar-refractivity contribution is 8.00. The van der Waals surface area contributed by atoms with Crippen molar-refractivity contribution in [2.75, 3.05) is 0 Å². The maximum atomic E-state index is 13.1. The maximum absolute atomic E-state index is 13.1. The van der Waals surface area contributed by atoms with Crippen LogP contribution in [0.3, 0.4) is 0 Å². The Morgan fingerprint density at radius 3 is 2.09 bits per heavy atom. The third-order valence-electron chi connectivity index (χ3n) is 5.08. The smallest absolute Gasteiger partial charge is 0.250 e. The molecule has 1 N–H and O–H groups in total. The van der Waals surface area contributed by atoms with Crippen LogP contribution in [0, 0.1) is 0 Å². The molecule has 0 saturated heterocycles. The monoisotopic (exact) mass is 440 g/mol. The van der Waals surface area contributed by atoms with E-state index in [0.29, 0.717) is 13.1 Å². The molecule has 0 bridgehead atoms. The summed E-state index contributed by atoms with van der Waals surface area (Å²) in [7, 11) is 0. The Hall–Kier alpha value is -3.57. The molecule has 1 atom stereocenters. The second-order valence-electron chi connectivity index (χ2n) is 7.42. The molecule has 4 rings (SSSR count). The fraction of sp³-hybridized carbons (Fsp3) is 0.111. The summed E-state index contributed by atoms with van der Waals surface area (Å²) in [4.78, 5) is 26.0. The molecule has 0 saturated carbocycles. The highest BCUT2D eigenvalue weighted by atomic mass is 32.2. The molecule has 0 aliphatic rings. The first kappa shape index (κ1) is 21.7. The van der Waals surface area contributed by atoms with Crippen molar-refractivity contribution in [3.05, 3.63) is 136 Å². The van der Waals surface area contributed by atoms with Crippen LogP contribution in [0.5, 0.6) is 0 Å². The van der Waals surface area contributed by atoms with Crippen molar-refractivity contribution >= 4 is 17.7 Å². The zero-order valence-corrected chi connectivity index (χ0v) is 18.4. The maximum Gasteiger partial charge on any atom is 0.250 e. The number of carbonyl (C=O) groups is 1. The van der Waals surface area contributed by atoms with E-state index < -0.39 is 0 Å². The second-order valence-corrected chi connectivity index (χ2v) is 8.60. The summed E-state index contributed by atoms with van der Waals surface area (Å²) in [6, 6.07) is 32.9. The number of hydrogen-bond acceptors (Lipinski definition) is 3. The van der Waals surface area contributed by atoms with Crippen LogP contribution in [0.25, 0.3) is 0 Å². The van der Waals surface area contributed by atoms with Crippen LogP contribution in [0.15, 0.2) is 119 Å². The minimum atomic E-state index is -0.331. The molecule has 1 heterocycles. The number of pyridine rings is 1. The fourth-order valence-corrected chi connectivity index (χ4v) is 4.44. The van der Waals surface area contributed by atoms with Gasteiger partial charge < -0.3 is 9.88 Å². The Labute approximate surface area is 191 Å². The number of benzene rings is 3. The van der Waals surface area contributed by atoms with Gasteiger partial charge in [0, 0.05) is 23.7 Å². The van der Waals surface area contributed by atoms with E-state index in [1.54, 1.807) is 34.7 Å². The van der Waals surface area contributed by atoms with Crippen molar-refractivity contribution in [2.24, 2.45) is 0 Å². The fourth-order valence-electron chi connectivity index (χ4n) is 3.37. The molecule has 0 aliphatic heterocycles. The first-order valence-corrected chi connectivity index (χ1v) is 11.3. The van der Waals surface area contributed by atoms with Crippen molar-refractivity contribution in [3.8, 4) is 0 Å². The number of rotatable bonds is 8. The molecule has 0 spiro atoms. The van der Waals surface area contributed by atoms with E-state index in [-0.39, 0.29) is 16.7 Å². The molecular formula is C27H24N2O2S. The number of carbonyl (C=O) groups excluding carboxylic acids is 1. The Balaban J connectivity index is 1.41. The Bertz CT molecular complexity index is 1210. The van der Waals surface area contributed by atoms with Gasteiger partial charge in [-0.25, -0.2) is 0 Å². The van der Waals surface area contributed by atoms with Crippen molar-refractivity contribution in [1.29, 1.82) is 0 Å². The van der Waals surface area contributed by atoms with Gasteiger partial charge >= 0.3 is 0 Å². The standard InChI is InChI=1S/C27H24N2O2S/c30-25-13-7-8-18-29(25)20-22-16-14-21(15-17-22)19-28-27(31)26(23-9-3-1-4-10-23)32-24-11-5-2-6-12-24/h1-18,26H,19-20H2,(H,28,31)/t26-/m0/s1. The molecule has 32 heavy (non-hydrogen) atoms. The van der Waals surface area contributed by atoms with Crippen LogP contribution < -0.4 is 10.9 Å². The van der Waals surface area contributed by atoms with E-state index in [4.69, 9.17) is 0 Å². The first-order chi connectivity index (χ1) is 15.7. The Morgan fingerprint density at radius 1 is 0.781 bits per heavy atom. The molecule has 4 aromatic rings. The minimum Gasteiger partial charge on any atom is -0.351 e. The van der Waals surface area contributed by atoms with Crippen LogP contribution in [-0.2, 0) is 17.9 Å². The molecule has 0 fully saturated rings. The molecular weight excluding hydrogens is 416 g/mol. The highest BCUT2D eigenvalue weighted by Gasteiger charge is 2.21. The lowest BCUT2D eigenvalue weighted by Crippen LogP contribution is -2.27. The van der Waals surface area contributed by atoms with E-state index in [9.17, 15) is 9.59 Å². The zero-order chi connectivity index (χ0) is 22.2. The summed E-state index contributed by atoms with van der Waals surface area (Å²) >= 11 is 1.55. The SMILES string of the molecule is O=C(NCc1ccc(Cn2ccccc2=O)cc1)[C@@H](Sc1ccccc1)c1ccccc1. The topological polar surface area (TPSA) is 51.1 Å². The van der Waals surface area contributed by atoms with E-state index >= 15 is 0 Å². The molecule has 4 nitrogen and oxygen atoms in total. The molecule has 1 amide bonds. The Morgan fingerprint density at radius 2 is 1.41 bits per heavy atom. The number of hydrogen-bond donors (Lipinski definition) is 1. The van der Waals surface area contributed by atoms with Crippen LogP contribution in [-0.4, -0.2) is 10.5 Å². The predicted octanol–water partition coefficient (Wildman–Crippen LogP) is 5.05. The summed E-state index contributed by atoms with van der Waals surface area (Å²) in [6.45, 7) is 0.971. The van der Waals surface area contributed by atoms with Gasteiger partial charge in [-0.15, -0.1) is 11.8 Å². The van der Waals surface area contributed by atoms with E-state index in [2.05, 4.69) is 5.32 Å². The molecule has 160 valence electrons. The minimum absolute atomic E-state index is 0.0216. The first-order valence-electron chi connectivity index (χ1n) is 10.5. The molecule has 3 aromatic carbocycles. The number of nitrogens with zero attached hydrogens (tertiary/aromatic N) is 1. The lowest BCUT2D eigenvalue weighted by Gasteiger charge is -2.17. The van der Waals surface area contributed by atoms with Gasteiger partial charge in [-0.2, -0.15) is 0 Å².